The summed E-state index contributed by atoms with van der Waals surface area (Å²) in [5.41, 5.74) is 0. The third kappa shape index (κ3) is 3.47. The predicted octanol–water partition coefficient (Wildman–Crippen LogP) is 2.56. The maximum Gasteiger partial charge on any atom is 0.225 e. The summed E-state index contributed by atoms with van der Waals surface area (Å²) in [5, 5.41) is 3.42. The molecule has 2 fully saturated rings. The van der Waals surface area contributed by atoms with E-state index in [1.165, 1.54) is 38.5 Å². The highest BCUT2D eigenvalue weighted by Crippen LogP contribution is 2.25. The van der Waals surface area contributed by atoms with Crippen LogP contribution in [0.15, 0.2) is 0 Å². The van der Waals surface area contributed by atoms with E-state index in [4.69, 9.17) is 0 Å². The van der Waals surface area contributed by atoms with E-state index in [-0.39, 0.29) is 5.92 Å². The van der Waals surface area contributed by atoms with E-state index in [1.807, 2.05) is 7.05 Å². The summed E-state index contributed by atoms with van der Waals surface area (Å²) in [6.07, 6.45) is 9.74. The molecular formula is C15H28N2O. The van der Waals surface area contributed by atoms with Gasteiger partial charge in [-0.2, -0.15) is 0 Å². The Labute approximate surface area is 111 Å². The van der Waals surface area contributed by atoms with Crippen LogP contribution in [0.1, 0.15) is 58.3 Å². The van der Waals surface area contributed by atoms with Gasteiger partial charge in [0.2, 0.25) is 5.91 Å². The van der Waals surface area contributed by atoms with Crippen LogP contribution < -0.4 is 5.32 Å². The SMILES string of the molecule is C[C@H]1C[C@@H](C(=O)N(C)C2CCCCCC2)CCN1. The Kier molecular flexibility index (Phi) is 5.04. The number of hydrogen-bond donors (Lipinski definition) is 1. The van der Waals surface area contributed by atoms with Crippen LogP contribution in [0.2, 0.25) is 0 Å². The summed E-state index contributed by atoms with van der Waals surface area (Å²) in [5.74, 6) is 0.657. The minimum Gasteiger partial charge on any atom is -0.343 e. The van der Waals surface area contributed by atoms with Crippen LogP contribution in [0, 0.1) is 5.92 Å². The highest BCUT2D eigenvalue weighted by atomic mass is 16.2. The number of piperidine rings is 1. The van der Waals surface area contributed by atoms with Crippen molar-refractivity contribution in [1.82, 2.24) is 10.2 Å². The van der Waals surface area contributed by atoms with Crippen molar-refractivity contribution in [2.45, 2.75) is 70.4 Å². The lowest BCUT2D eigenvalue weighted by atomic mass is 9.91. The molecule has 1 aliphatic heterocycles. The largest absolute Gasteiger partial charge is 0.343 e. The quantitative estimate of drug-likeness (QED) is 0.766. The zero-order chi connectivity index (χ0) is 13.0. The summed E-state index contributed by atoms with van der Waals surface area (Å²) in [6.45, 7) is 3.18. The molecule has 0 spiro atoms. The molecule has 3 heteroatoms. The number of nitrogens with zero attached hydrogens (tertiary/aromatic N) is 1. The summed E-state index contributed by atoms with van der Waals surface area (Å²) in [7, 11) is 2.03. The molecule has 2 atom stereocenters. The van der Waals surface area contributed by atoms with Gasteiger partial charge in [0, 0.05) is 25.0 Å². The van der Waals surface area contributed by atoms with E-state index in [2.05, 4.69) is 17.1 Å². The maximum absolute atomic E-state index is 12.6. The van der Waals surface area contributed by atoms with Crippen LogP contribution in [-0.4, -0.2) is 36.5 Å². The van der Waals surface area contributed by atoms with E-state index >= 15 is 0 Å². The van der Waals surface area contributed by atoms with Crippen molar-refractivity contribution in [2.75, 3.05) is 13.6 Å². The molecular weight excluding hydrogens is 224 g/mol. The Hall–Kier alpha value is -0.570. The second kappa shape index (κ2) is 6.55. The van der Waals surface area contributed by atoms with Crippen LogP contribution in [0.4, 0.5) is 0 Å². The summed E-state index contributed by atoms with van der Waals surface area (Å²) in [4.78, 5) is 14.6. The van der Waals surface area contributed by atoms with Gasteiger partial charge >= 0.3 is 0 Å². The lowest BCUT2D eigenvalue weighted by molar-refractivity contribution is -0.137. The Balaban J connectivity index is 1.90. The number of amides is 1. The molecule has 1 N–H and O–H groups in total. The average Bonchev–Trinajstić information content (AvgIpc) is 2.66. The molecule has 0 unspecified atom stereocenters. The van der Waals surface area contributed by atoms with Crippen molar-refractivity contribution in [3.05, 3.63) is 0 Å². The van der Waals surface area contributed by atoms with Gasteiger partial charge in [-0.25, -0.2) is 0 Å². The van der Waals surface area contributed by atoms with Gasteiger partial charge in [-0.15, -0.1) is 0 Å². The topological polar surface area (TPSA) is 32.3 Å². The molecule has 0 aromatic carbocycles. The fourth-order valence-electron chi connectivity index (χ4n) is 3.47. The van der Waals surface area contributed by atoms with E-state index in [0.717, 1.165) is 19.4 Å². The van der Waals surface area contributed by atoms with Crippen LogP contribution in [0.25, 0.3) is 0 Å². The molecule has 1 aliphatic carbocycles. The van der Waals surface area contributed by atoms with Crippen LogP contribution in [0.3, 0.4) is 0 Å². The highest BCUT2D eigenvalue weighted by molar-refractivity contribution is 5.79. The van der Waals surface area contributed by atoms with Crippen molar-refractivity contribution in [3.8, 4) is 0 Å². The summed E-state index contributed by atoms with van der Waals surface area (Å²) in [6, 6.07) is 1.00. The number of carbonyl (C=O) groups is 1. The van der Waals surface area contributed by atoms with Crippen LogP contribution in [0.5, 0.6) is 0 Å². The normalized spacial score (nSPS) is 30.8. The Morgan fingerprint density at radius 3 is 2.39 bits per heavy atom. The minimum absolute atomic E-state index is 0.259. The molecule has 0 aromatic heterocycles. The van der Waals surface area contributed by atoms with Crippen molar-refractivity contribution in [2.24, 2.45) is 5.92 Å². The van der Waals surface area contributed by atoms with Gasteiger partial charge in [0.05, 0.1) is 0 Å². The fourth-order valence-corrected chi connectivity index (χ4v) is 3.47. The zero-order valence-corrected chi connectivity index (χ0v) is 12.0. The Morgan fingerprint density at radius 1 is 1.11 bits per heavy atom. The molecule has 1 amide bonds. The van der Waals surface area contributed by atoms with Gasteiger partial charge < -0.3 is 10.2 Å². The van der Waals surface area contributed by atoms with Gasteiger partial charge in [-0.1, -0.05) is 25.7 Å². The molecule has 1 heterocycles. The summed E-state index contributed by atoms with van der Waals surface area (Å²) >= 11 is 0. The first-order chi connectivity index (χ1) is 8.68. The van der Waals surface area contributed by atoms with E-state index in [0.29, 0.717) is 18.0 Å². The van der Waals surface area contributed by atoms with Gasteiger partial charge in [0.15, 0.2) is 0 Å². The van der Waals surface area contributed by atoms with E-state index < -0.39 is 0 Å². The zero-order valence-electron chi connectivity index (χ0n) is 12.0. The first kappa shape index (κ1) is 13.9. The molecule has 104 valence electrons. The average molecular weight is 252 g/mol. The van der Waals surface area contributed by atoms with Crippen molar-refractivity contribution in [1.29, 1.82) is 0 Å². The third-order valence-corrected chi connectivity index (χ3v) is 4.69. The fraction of sp³-hybridized carbons (Fsp3) is 0.933. The summed E-state index contributed by atoms with van der Waals surface area (Å²) < 4.78 is 0. The molecule has 0 aromatic rings. The lowest BCUT2D eigenvalue weighted by Gasteiger charge is -2.34. The van der Waals surface area contributed by atoms with E-state index in [9.17, 15) is 4.79 Å². The van der Waals surface area contributed by atoms with Crippen LogP contribution >= 0.6 is 0 Å². The number of nitrogens with one attached hydrogen (secondary N) is 1. The van der Waals surface area contributed by atoms with E-state index in [1.54, 1.807) is 0 Å². The Bertz CT molecular complexity index is 272. The van der Waals surface area contributed by atoms with Gasteiger partial charge in [0.1, 0.15) is 0 Å². The molecule has 2 aliphatic rings. The monoisotopic (exact) mass is 252 g/mol. The molecule has 3 nitrogen and oxygen atoms in total. The molecule has 0 radical (unpaired) electrons. The van der Waals surface area contributed by atoms with Gasteiger partial charge in [0.25, 0.3) is 0 Å². The molecule has 0 bridgehead atoms. The van der Waals surface area contributed by atoms with Crippen molar-refractivity contribution in [3.63, 3.8) is 0 Å². The van der Waals surface area contributed by atoms with Crippen molar-refractivity contribution >= 4 is 5.91 Å². The standard InChI is InChI=1S/C15H28N2O/c1-12-11-13(9-10-16-12)15(18)17(2)14-7-5-3-4-6-8-14/h12-14,16H,3-11H2,1-2H3/t12-,13-/m0/s1. The molecule has 2 rings (SSSR count). The van der Waals surface area contributed by atoms with Gasteiger partial charge in [-0.05, 0) is 39.2 Å². The number of rotatable bonds is 2. The van der Waals surface area contributed by atoms with Crippen LogP contribution in [-0.2, 0) is 4.79 Å². The second-order valence-corrected chi connectivity index (χ2v) is 6.17. The van der Waals surface area contributed by atoms with Gasteiger partial charge in [-0.3, -0.25) is 4.79 Å². The van der Waals surface area contributed by atoms with Crippen molar-refractivity contribution < 1.29 is 4.79 Å². The second-order valence-electron chi connectivity index (χ2n) is 6.17. The first-order valence-corrected chi connectivity index (χ1v) is 7.68. The number of carbonyl (C=O) groups excluding carboxylic acids is 1. The highest BCUT2D eigenvalue weighted by Gasteiger charge is 2.30. The first-order valence-electron chi connectivity index (χ1n) is 7.68. The Morgan fingerprint density at radius 2 is 1.78 bits per heavy atom. The molecule has 1 saturated heterocycles. The lowest BCUT2D eigenvalue weighted by Crippen LogP contribution is -2.46. The maximum atomic E-state index is 12.6. The molecule has 18 heavy (non-hydrogen) atoms. The minimum atomic E-state index is 0.259. The predicted molar refractivity (Wildman–Crippen MR) is 74.4 cm³/mol. The number of hydrogen-bond acceptors (Lipinski definition) is 2. The smallest absolute Gasteiger partial charge is 0.225 e. The third-order valence-electron chi connectivity index (χ3n) is 4.69. The molecule has 1 saturated carbocycles.